The van der Waals surface area contributed by atoms with E-state index >= 15 is 0 Å². The van der Waals surface area contributed by atoms with Crippen LogP contribution in [0, 0.1) is 0 Å². The van der Waals surface area contributed by atoms with Crippen LogP contribution in [0.2, 0.25) is 0 Å². The van der Waals surface area contributed by atoms with E-state index in [9.17, 15) is 22.3 Å². The quantitative estimate of drug-likeness (QED) is 0.331. The fraction of sp³-hybridized carbons (Fsp3) is 0.217. The molecule has 2 aromatic heterocycles. The number of hydrogen-bond acceptors (Lipinski definition) is 10. The van der Waals surface area contributed by atoms with Crippen molar-refractivity contribution in [2.24, 2.45) is 0 Å². The number of nitrogens with one attached hydrogen (secondary N) is 2. The number of aromatic nitrogens is 4. The van der Waals surface area contributed by atoms with Crippen molar-refractivity contribution in [1.29, 1.82) is 0 Å². The van der Waals surface area contributed by atoms with Gasteiger partial charge in [-0.05, 0) is 30.2 Å². The third-order valence-electron chi connectivity index (χ3n) is 5.57. The Morgan fingerprint density at radius 3 is 2.69 bits per heavy atom. The molecule has 1 aliphatic rings. The van der Waals surface area contributed by atoms with Gasteiger partial charge in [0, 0.05) is 24.0 Å². The molecule has 186 valence electrons. The smallest absolute Gasteiger partial charge is 0.314 e. The van der Waals surface area contributed by atoms with Crippen LogP contribution in [-0.4, -0.2) is 39.4 Å². The van der Waals surface area contributed by atoms with E-state index in [2.05, 4.69) is 30.8 Å². The SMILES string of the molecule is O=S1(=O)CCC(O)c2cc(Nc3ncc(-c4nnc(C(F)F)o4)c(NCc4ccccc4)n3)ccc21. The summed E-state index contributed by atoms with van der Waals surface area (Å²) in [6, 6.07) is 14.0. The Morgan fingerprint density at radius 1 is 1.14 bits per heavy atom. The van der Waals surface area contributed by atoms with E-state index in [1.54, 1.807) is 6.07 Å². The number of anilines is 3. The first kappa shape index (κ1) is 23.8. The van der Waals surface area contributed by atoms with Crippen molar-refractivity contribution < 1.29 is 26.7 Å². The van der Waals surface area contributed by atoms with Gasteiger partial charge >= 0.3 is 6.43 Å². The number of alkyl halides is 2. The molecule has 0 saturated heterocycles. The zero-order valence-electron chi connectivity index (χ0n) is 18.6. The molecule has 36 heavy (non-hydrogen) atoms. The van der Waals surface area contributed by atoms with E-state index in [0.717, 1.165) is 5.56 Å². The summed E-state index contributed by atoms with van der Waals surface area (Å²) in [4.78, 5) is 8.76. The van der Waals surface area contributed by atoms with E-state index in [-0.39, 0.29) is 40.3 Å². The van der Waals surface area contributed by atoms with E-state index in [1.807, 2.05) is 30.3 Å². The molecule has 10 nitrogen and oxygen atoms in total. The third kappa shape index (κ3) is 4.88. The van der Waals surface area contributed by atoms with Gasteiger partial charge in [-0.25, -0.2) is 13.4 Å². The Bertz CT molecular complexity index is 1500. The number of rotatable bonds is 7. The standard InChI is InChI=1S/C23H20F2N6O4S/c24-19(25)22-31-30-21(35-22)16-12-27-23(29-20(16)26-11-13-4-2-1-3-5-13)28-14-6-7-18-15(10-14)17(32)8-9-36(18,33)34/h1-7,10,12,17,19,32H,8-9,11H2,(H2,26,27,28,29). The van der Waals surface area contributed by atoms with Gasteiger partial charge in [0.15, 0.2) is 9.84 Å². The Balaban J connectivity index is 1.46. The second-order valence-electron chi connectivity index (χ2n) is 8.04. The molecule has 0 bridgehead atoms. The molecule has 0 aliphatic carbocycles. The number of hydrogen-bond donors (Lipinski definition) is 3. The van der Waals surface area contributed by atoms with Crippen LogP contribution >= 0.6 is 0 Å². The molecule has 0 fully saturated rings. The first-order chi connectivity index (χ1) is 17.3. The van der Waals surface area contributed by atoms with Gasteiger partial charge in [-0.15, -0.1) is 10.2 Å². The molecular formula is C23H20F2N6O4S. The lowest BCUT2D eigenvalue weighted by Gasteiger charge is -2.22. The molecule has 0 saturated carbocycles. The van der Waals surface area contributed by atoms with Crippen molar-refractivity contribution in [3.8, 4) is 11.5 Å². The lowest BCUT2D eigenvalue weighted by molar-refractivity contribution is 0.116. The topological polar surface area (TPSA) is 143 Å². The van der Waals surface area contributed by atoms with Gasteiger partial charge in [0.05, 0.1) is 22.3 Å². The summed E-state index contributed by atoms with van der Waals surface area (Å²) in [6.07, 6.45) is -2.36. The number of fused-ring (bicyclic) bond motifs is 1. The zero-order chi connectivity index (χ0) is 25.3. The van der Waals surface area contributed by atoms with Gasteiger partial charge < -0.3 is 20.2 Å². The highest BCUT2D eigenvalue weighted by molar-refractivity contribution is 7.91. The zero-order valence-corrected chi connectivity index (χ0v) is 19.4. The second kappa shape index (κ2) is 9.59. The number of sulfone groups is 1. The van der Waals surface area contributed by atoms with Gasteiger partial charge in [-0.2, -0.15) is 13.8 Å². The predicted molar refractivity (Wildman–Crippen MR) is 125 cm³/mol. The number of aliphatic hydroxyl groups is 1. The maximum absolute atomic E-state index is 13.0. The van der Waals surface area contributed by atoms with Gasteiger partial charge in [-0.3, -0.25) is 0 Å². The Morgan fingerprint density at radius 2 is 1.94 bits per heavy atom. The van der Waals surface area contributed by atoms with Crippen molar-refractivity contribution in [2.45, 2.75) is 30.4 Å². The molecule has 3 heterocycles. The normalized spacial score (nSPS) is 16.5. The van der Waals surface area contributed by atoms with Gasteiger partial charge in [0.2, 0.25) is 5.95 Å². The van der Waals surface area contributed by atoms with Crippen LogP contribution in [0.25, 0.3) is 11.5 Å². The summed E-state index contributed by atoms with van der Waals surface area (Å²) in [5.41, 5.74) is 1.93. The third-order valence-corrected chi connectivity index (χ3v) is 7.38. The van der Waals surface area contributed by atoms with E-state index in [1.165, 1.54) is 18.3 Å². The molecule has 5 rings (SSSR count). The molecule has 2 aromatic carbocycles. The van der Waals surface area contributed by atoms with Crippen LogP contribution in [0.3, 0.4) is 0 Å². The van der Waals surface area contributed by atoms with Crippen molar-refractivity contribution in [2.75, 3.05) is 16.4 Å². The molecular weight excluding hydrogens is 494 g/mol. The molecule has 1 unspecified atom stereocenters. The van der Waals surface area contributed by atoms with Crippen molar-refractivity contribution in [3.63, 3.8) is 0 Å². The minimum absolute atomic E-state index is 0.0968. The Hall–Kier alpha value is -3.97. The number of aliphatic hydroxyl groups excluding tert-OH is 1. The van der Waals surface area contributed by atoms with Crippen LogP contribution in [0.15, 0.2) is 64.0 Å². The number of nitrogens with zero attached hydrogens (tertiary/aromatic N) is 4. The van der Waals surface area contributed by atoms with E-state index in [0.29, 0.717) is 17.8 Å². The highest BCUT2D eigenvalue weighted by Gasteiger charge is 2.29. The summed E-state index contributed by atoms with van der Waals surface area (Å²) in [5.74, 6) is -0.714. The molecule has 13 heteroatoms. The van der Waals surface area contributed by atoms with Gasteiger partial charge in [-0.1, -0.05) is 30.3 Å². The minimum atomic E-state index is -3.45. The number of benzene rings is 2. The van der Waals surface area contributed by atoms with Crippen LogP contribution in [-0.2, 0) is 16.4 Å². The van der Waals surface area contributed by atoms with Crippen molar-refractivity contribution in [3.05, 3.63) is 71.7 Å². The Kier molecular flexibility index (Phi) is 6.33. The summed E-state index contributed by atoms with van der Waals surface area (Å²) in [6.45, 7) is 0.364. The lowest BCUT2D eigenvalue weighted by Crippen LogP contribution is -2.20. The first-order valence-corrected chi connectivity index (χ1v) is 12.5. The fourth-order valence-corrected chi connectivity index (χ4v) is 5.36. The Labute approximate surface area is 204 Å². The minimum Gasteiger partial charge on any atom is -0.415 e. The molecule has 0 radical (unpaired) electrons. The summed E-state index contributed by atoms with van der Waals surface area (Å²) >= 11 is 0. The molecule has 1 atom stereocenters. The fourth-order valence-electron chi connectivity index (χ4n) is 3.78. The molecule has 4 aromatic rings. The maximum Gasteiger partial charge on any atom is 0.314 e. The van der Waals surface area contributed by atoms with Crippen LogP contribution in [0.5, 0.6) is 0 Å². The van der Waals surface area contributed by atoms with E-state index in [4.69, 9.17) is 4.42 Å². The van der Waals surface area contributed by atoms with Crippen molar-refractivity contribution >= 4 is 27.3 Å². The average molecular weight is 515 g/mol. The molecule has 3 N–H and O–H groups in total. The van der Waals surface area contributed by atoms with Crippen LogP contribution in [0.4, 0.5) is 26.2 Å². The predicted octanol–water partition coefficient (Wildman–Crippen LogP) is 4.03. The van der Waals surface area contributed by atoms with Gasteiger partial charge in [0.25, 0.3) is 11.8 Å². The van der Waals surface area contributed by atoms with Crippen LogP contribution in [0.1, 0.15) is 36.0 Å². The lowest BCUT2D eigenvalue weighted by atomic mass is 10.1. The highest BCUT2D eigenvalue weighted by Crippen LogP contribution is 2.35. The van der Waals surface area contributed by atoms with Crippen molar-refractivity contribution in [1.82, 2.24) is 20.2 Å². The highest BCUT2D eigenvalue weighted by atomic mass is 32.2. The monoisotopic (exact) mass is 514 g/mol. The molecule has 0 amide bonds. The summed E-state index contributed by atoms with van der Waals surface area (Å²) < 4.78 is 55.6. The number of halogens is 2. The molecule has 1 aliphatic heterocycles. The summed E-state index contributed by atoms with van der Waals surface area (Å²) in [7, 11) is -3.45. The molecule has 0 spiro atoms. The maximum atomic E-state index is 13.0. The summed E-state index contributed by atoms with van der Waals surface area (Å²) in [5, 5.41) is 23.5. The first-order valence-electron chi connectivity index (χ1n) is 10.9. The largest absolute Gasteiger partial charge is 0.415 e. The average Bonchev–Trinajstić information content (AvgIpc) is 3.37. The second-order valence-corrected chi connectivity index (χ2v) is 10.1. The van der Waals surface area contributed by atoms with Crippen LogP contribution < -0.4 is 10.6 Å². The van der Waals surface area contributed by atoms with Gasteiger partial charge in [0.1, 0.15) is 5.82 Å². The van der Waals surface area contributed by atoms with E-state index < -0.39 is 28.3 Å².